The van der Waals surface area contributed by atoms with Crippen molar-refractivity contribution in [2.45, 2.75) is 42.6 Å². The number of ketones is 3. The molecule has 4 N–H and O–H groups in total. The molecule has 2 unspecified atom stereocenters. The number of nitrogens with two attached hydrogens (primary N) is 2. The van der Waals surface area contributed by atoms with Gasteiger partial charge in [-0.1, -0.05) is 0 Å². The highest BCUT2D eigenvalue weighted by molar-refractivity contribution is 8.00. The number of amides is 6. The van der Waals surface area contributed by atoms with E-state index in [-0.39, 0.29) is 135 Å². The molecule has 0 bridgehead atoms. The Balaban J connectivity index is 0. The largest absolute Gasteiger partial charge is 0.324 e. The number of likely N-dealkylation sites (tertiary alicyclic amines) is 2. The molecule has 3 aliphatic rings. The van der Waals surface area contributed by atoms with Crippen LogP contribution in [0.2, 0.25) is 0 Å². The number of thioether (sulfide) groups is 2. The molecular weight excluding hydrogens is 689 g/mol. The van der Waals surface area contributed by atoms with Crippen LogP contribution in [0.1, 0.15) is 32.1 Å². The van der Waals surface area contributed by atoms with Crippen LogP contribution in [0.5, 0.6) is 0 Å². The molecule has 0 aromatic heterocycles. The van der Waals surface area contributed by atoms with Crippen molar-refractivity contribution in [3.8, 4) is 0 Å². The van der Waals surface area contributed by atoms with Gasteiger partial charge in [0.2, 0.25) is 23.6 Å². The third kappa shape index (κ3) is 16.1. The van der Waals surface area contributed by atoms with Crippen molar-refractivity contribution in [3.05, 3.63) is 12.2 Å². The topological polar surface area (TPSA) is 245 Å². The molecule has 6 amide bonds. The monoisotopic (exact) mass is 732 g/mol. The average molecular weight is 733 g/mol. The van der Waals surface area contributed by atoms with Crippen LogP contribution >= 0.6 is 36.2 Å². The molecule has 268 valence electrons. The third-order valence-electron chi connectivity index (χ3n) is 6.46. The van der Waals surface area contributed by atoms with Crippen molar-refractivity contribution < 1.29 is 47.9 Å². The van der Waals surface area contributed by atoms with Crippen LogP contribution in [-0.4, -0.2) is 150 Å². The molecule has 3 aliphatic heterocycles. The van der Waals surface area contributed by atoms with Crippen molar-refractivity contribution in [1.82, 2.24) is 14.7 Å². The maximum atomic E-state index is 11.7. The summed E-state index contributed by atoms with van der Waals surface area (Å²) in [4.78, 5) is 116. The number of carbonyl (C=O) groups excluding carboxylic acids is 10. The van der Waals surface area contributed by atoms with Crippen LogP contribution in [0.4, 0.5) is 0 Å². The summed E-state index contributed by atoms with van der Waals surface area (Å²) in [6, 6.07) is 0. The van der Waals surface area contributed by atoms with E-state index >= 15 is 0 Å². The first kappa shape index (κ1) is 46.6. The minimum absolute atomic E-state index is 0.0395. The molecule has 3 rings (SSSR count). The van der Waals surface area contributed by atoms with Crippen LogP contribution in [0, 0.1) is 0 Å². The molecule has 0 aliphatic carbocycles. The number of Topliss-reactive ketones (excluding diaryl/α,β-unsaturated/α-hetero) is 3. The van der Waals surface area contributed by atoms with Gasteiger partial charge in [-0.25, -0.2) is 0 Å². The molecule has 0 saturated carbocycles. The van der Waals surface area contributed by atoms with E-state index in [1.165, 1.54) is 40.6 Å². The van der Waals surface area contributed by atoms with E-state index in [0.29, 0.717) is 0 Å². The number of carbonyl (C=O) groups is 10. The Morgan fingerprint density at radius 3 is 1.35 bits per heavy atom. The number of imide groups is 3. The number of nitrogens with zero attached hydrogens (tertiary/aromatic N) is 4. The third-order valence-corrected chi connectivity index (χ3v) is 8.34. The highest BCUT2D eigenvalue weighted by atomic mass is 32.2. The van der Waals surface area contributed by atoms with E-state index < -0.39 is 0 Å². The lowest BCUT2D eigenvalue weighted by atomic mass is 10.2. The van der Waals surface area contributed by atoms with Crippen molar-refractivity contribution >= 4 is 102 Å². The minimum atomic E-state index is -0.366. The van der Waals surface area contributed by atoms with Crippen molar-refractivity contribution in [1.29, 1.82) is 0 Å². The first-order chi connectivity index (χ1) is 22.8. The van der Waals surface area contributed by atoms with E-state index in [1.54, 1.807) is 18.8 Å². The highest BCUT2D eigenvalue weighted by Crippen LogP contribution is 2.24. The second-order valence-corrected chi connectivity index (χ2v) is 11.5. The number of thiol groups is 1. The lowest BCUT2D eigenvalue weighted by molar-refractivity contribution is -0.140. The predicted molar refractivity (Wildman–Crippen MR) is 187 cm³/mol. The van der Waals surface area contributed by atoms with Gasteiger partial charge in [0.05, 0.1) is 30.1 Å². The van der Waals surface area contributed by atoms with Gasteiger partial charge in [-0.3, -0.25) is 62.8 Å². The summed E-state index contributed by atoms with van der Waals surface area (Å²) in [7, 11) is 0. The number of aliphatic imine (C=N–C) groups is 1. The zero-order valence-electron chi connectivity index (χ0n) is 27.3. The molecule has 2 fully saturated rings. The molecular formula is C29H44N6O10S3. The fourth-order valence-corrected chi connectivity index (χ4v) is 5.19. The quantitative estimate of drug-likeness (QED) is 0.101. The maximum absolute atomic E-state index is 11.7. The zero-order valence-corrected chi connectivity index (χ0v) is 29.8. The van der Waals surface area contributed by atoms with Crippen LogP contribution in [0.15, 0.2) is 17.1 Å². The van der Waals surface area contributed by atoms with Crippen molar-refractivity contribution in [2.24, 2.45) is 16.5 Å². The van der Waals surface area contributed by atoms with Gasteiger partial charge in [0.15, 0.2) is 5.78 Å². The molecule has 0 spiro atoms. The SMILES string of the molecule is C=NCC(=O)CCN1C(=O)CC(SC)C1=O.C=O.CS.CSC1CC(=O)N(CCC(=O)CN)C1=O.NCC(=O)CCN1C(=O)C=CC1=O. The lowest BCUT2D eigenvalue weighted by Crippen LogP contribution is -2.34. The molecule has 19 heteroatoms. The summed E-state index contributed by atoms with van der Waals surface area (Å²) in [5.41, 5.74) is 10.2. The maximum Gasteiger partial charge on any atom is 0.253 e. The molecule has 3 heterocycles. The summed E-state index contributed by atoms with van der Waals surface area (Å²) in [6.45, 7) is 5.63. The van der Waals surface area contributed by atoms with Gasteiger partial charge in [0.25, 0.3) is 11.8 Å². The second kappa shape index (κ2) is 26.4. The number of hydrogen-bond acceptors (Lipinski definition) is 16. The molecule has 48 heavy (non-hydrogen) atoms. The van der Waals surface area contributed by atoms with Crippen LogP contribution in [0.3, 0.4) is 0 Å². The van der Waals surface area contributed by atoms with Gasteiger partial charge >= 0.3 is 0 Å². The second-order valence-electron chi connectivity index (χ2n) is 9.44. The molecule has 0 aromatic carbocycles. The molecule has 0 aromatic rings. The zero-order chi connectivity index (χ0) is 37.4. The van der Waals surface area contributed by atoms with Crippen molar-refractivity contribution in [3.63, 3.8) is 0 Å². The van der Waals surface area contributed by atoms with Gasteiger partial charge < -0.3 is 16.3 Å². The Morgan fingerprint density at radius 2 is 1.06 bits per heavy atom. The van der Waals surface area contributed by atoms with E-state index in [0.717, 1.165) is 9.80 Å². The van der Waals surface area contributed by atoms with Gasteiger partial charge in [-0.05, 0) is 25.5 Å². The Morgan fingerprint density at radius 1 is 0.729 bits per heavy atom. The molecule has 2 saturated heterocycles. The molecule has 16 nitrogen and oxygen atoms in total. The summed E-state index contributed by atoms with van der Waals surface area (Å²) < 4.78 is 0. The first-order valence-corrected chi connectivity index (χ1v) is 17.7. The fourth-order valence-electron chi connectivity index (χ4n) is 3.91. The normalized spacial score (nSPS) is 17.8. The van der Waals surface area contributed by atoms with Gasteiger partial charge in [-0.15, -0.1) is 0 Å². The number of rotatable bonds is 15. The fraction of sp³-hybridized carbons (Fsp3) is 0.552. The van der Waals surface area contributed by atoms with Crippen LogP contribution < -0.4 is 11.5 Å². The van der Waals surface area contributed by atoms with Crippen LogP contribution in [0.25, 0.3) is 0 Å². The molecule has 0 radical (unpaired) electrons. The van der Waals surface area contributed by atoms with Crippen molar-refractivity contribution in [2.75, 3.05) is 58.0 Å². The summed E-state index contributed by atoms with van der Waals surface area (Å²) in [5, 5.41) is -0.550. The Hall–Kier alpha value is -3.52. The summed E-state index contributed by atoms with van der Waals surface area (Å²) in [5.74, 6) is -1.88. The van der Waals surface area contributed by atoms with Gasteiger partial charge in [0.1, 0.15) is 18.4 Å². The van der Waals surface area contributed by atoms with E-state index in [4.69, 9.17) is 16.3 Å². The Bertz CT molecular complexity index is 1200. The van der Waals surface area contributed by atoms with E-state index in [9.17, 15) is 43.2 Å². The first-order valence-electron chi connectivity index (χ1n) is 14.2. The standard InChI is InChI=1S/C10H14N2O3S.C9H14N2O3S.C8H10N2O3.CH2O.CH4S/c1-11-6-7(13)3-4-12-9(14)5-8(16-2)10(12)15;1-15-7-4-8(13)11(9(7)14)3-2-6(12)5-10;9-5-6(11)3-4-10-7(12)1-2-8(10)13;2*1-2/h8H,1,3-6H2,2H3;7H,2-5,10H2,1H3;1-2H,3-5,9H2;1H2;2H,1H3. The Labute approximate surface area is 293 Å². The highest BCUT2D eigenvalue weighted by Gasteiger charge is 2.38. The molecule has 2 atom stereocenters. The minimum Gasteiger partial charge on any atom is -0.324 e. The lowest BCUT2D eigenvalue weighted by Gasteiger charge is -2.13. The average Bonchev–Trinajstić information content (AvgIpc) is 3.68. The van der Waals surface area contributed by atoms with Gasteiger partial charge in [0, 0.05) is 63.9 Å². The van der Waals surface area contributed by atoms with E-state index in [2.05, 4.69) is 24.3 Å². The predicted octanol–water partition coefficient (Wildman–Crippen LogP) is -1.28. The smallest absolute Gasteiger partial charge is 0.253 e. The Kier molecular flexibility index (Phi) is 25.7. The van der Waals surface area contributed by atoms with Crippen LogP contribution in [-0.2, 0) is 47.9 Å². The van der Waals surface area contributed by atoms with E-state index in [1.807, 2.05) is 6.79 Å². The number of hydrogen-bond donors (Lipinski definition) is 3. The summed E-state index contributed by atoms with van der Waals surface area (Å²) in [6.07, 6.45) is 8.62. The summed E-state index contributed by atoms with van der Waals surface area (Å²) >= 11 is 6.26. The van der Waals surface area contributed by atoms with Gasteiger partial charge in [-0.2, -0.15) is 36.2 Å².